The lowest BCUT2D eigenvalue weighted by Crippen LogP contribution is -2.34. The highest BCUT2D eigenvalue weighted by molar-refractivity contribution is 5.89. The van der Waals surface area contributed by atoms with E-state index in [1.807, 2.05) is 25.1 Å². The molecule has 0 heterocycles. The number of carboxylic acids is 1. The van der Waals surface area contributed by atoms with E-state index < -0.39 is 11.4 Å². The molecule has 0 fully saturated rings. The third-order valence-corrected chi connectivity index (χ3v) is 2.89. The molecule has 0 spiro atoms. The highest BCUT2D eigenvalue weighted by Gasteiger charge is 2.26. The van der Waals surface area contributed by atoms with Gasteiger partial charge in [0, 0.05) is 12.2 Å². The minimum absolute atomic E-state index is 0.316. The first-order valence-electron chi connectivity index (χ1n) is 6.16. The molecular formula is C14H20N2O3. The molecule has 0 aliphatic carbocycles. The number of benzene rings is 1. The van der Waals surface area contributed by atoms with Crippen molar-refractivity contribution < 1.29 is 14.7 Å². The quantitative estimate of drug-likeness (QED) is 0.765. The molecule has 0 unspecified atom stereocenters. The van der Waals surface area contributed by atoms with Gasteiger partial charge in [0.25, 0.3) is 0 Å². The van der Waals surface area contributed by atoms with E-state index >= 15 is 0 Å². The van der Waals surface area contributed by atoms with E-state index in [1.54, 1.807) is 19.9 Å². The van der Waals surface area contributed by atoms with Gasteiger partial charge in [-0.2, -0.15) is 0 Å². The molecule has 0 saturated carbocycles. The van der Waals surface area contributed by atoms with E-state index in [0.717, 1.165) is 11.3 Å². The van der Waals surface area contributed by atoms with Crippen LogP contribution in [0.5, 0.6) is 0 Å². The summed E-state index contributed by atoms with van der Waals surface area (Å²) in [5.74, 6) is -0.867. The molecule has 0 bridgehead atoms. The van der Waals surface area contributed by atoms with Crippen molar-refractivity contribution in [3.63, 3.8) is 0 Å². The summed E-state index contributed by atoms with van der Waals surface area (Å²) in [7, 11) is 0. The number of aryl methyl sites for hydroxylation is 1. The van der Waals surface area contributed by atoms with Gasteiger partial charge in [0.1, 0.15) is 0 Å². The second-order valence-corrected chi connectivity index (χ2v) is 5.19. The Morgan fingerprint density at radius 1 is 1.32 bits per heavy atom. The Bertz CT molecular complexity index is 470. The monoisotopic (exact) mass is 264 g/mol. The number of anilines is 1. The van der Waals surface area contributed by atoms with Crippen LogP contribution >= 0.6 is 0 Å². The predicted molar refractivity (Wildman–Crippen MR) is 74.2 cm³/mol. The third-order valence-electron chi connectivity index (χ3n) is 2.89. The van der Waals surface area contributed by atoms with Crippen LogP contribution in [0, 0.1) is 12.3 Å². The summed E-state index contributed by atoms with van der Waals surface area (Å²) in [4.78, 5) is 22.5. The maximum atomic E-state index is 11.6. The molecule has 19 heavy (non-hydrogen) atoms. The second-order valence-electron chi connectivity index (χ2n) is 5.19. The Morgan fingerprint density at radius 3 is 2.58 bits per heavy atom. The zero-order chi connectivity index (χ0) is 14.5. The molecule has 0 aliphatic rings. The maximum Gasteiger partial charge on any atom is 0.319 e. The van der Waals surface area contributed by atoms with Crippen LogP contribution in [0.3, 0.4) is 0 Å². The topological polar surface area (TPSA) is 78.4 Å². The van der Waals surface area contributed by atoms with Gasteiger partial charge < -0.3 is 15.7 Å². The normalized spacial score (nSPS) is 10.9. The van der Waals surface area contributed by atoms with Gasteiger partial charge in [-0.1, -0.05) is 12.1 Å². The van der Waals surface area contributed by atoms with Crippen molar-refractivity contribution >= 4 is 17.7 Å². The second kappa shape index (κ2) is 6.22. The number of urea groups is 1. The minimum Gasteiger partial charge on any atom is -0.481 e. The summed E-state index contributed by atoms with van der Waals surface area (Å²) in [5.41, 5.74) is 0.941. The summed E-state index contributed by atoms with van der Waals surface area (Å²) < 4.78 is 0. The maximum absolute atomic E-state index is 11.6. The van der Waals surface area contributed by atoms with Gasteiger partial charge >= 0.3 is 12.0 Å². The van der Waals surface area contributed by atoms with Crippen LogP contribution in [0.1, 0.15) is 25.8 Å². The molecule has 0 radical (unpaired) electrons. The van der Waals surface area contributed by atoms with E-state index in [1.165, 1.54) is 0 Å². The average molecular weight is 264 g/mol. The summed E-state index contributed by atoms with van der Waals surface area (Å²) in [5, 5.41) is 14.3. The number of hydrogen-bond donors (Lipinski definition) is 3. The zero-order valence-corrected chi connectivity index (χ0v) is 11.5. The van der Waals surface area contributed by atoms with Crippen molar-refractivity contribution in [2.45, 2.75) is 27.2 Å². The number of nitrogens with one attached hydrogen (secondary N) is 2. The van der Waals surface area contributed by atoms with Gasteiger partial charge in [-0.25, -0.2) is 4.79 Å². The summed E-state index contributed by atoms with van der Waals surface area (Å²) in [6, 6.07) is 7.14. The molecular weight excluding hydrogens is 244 g/mol. The van der Waals surface area contributed by atoms with Gasteiger partial charge in [-0.3, -0.25) is 4.79 Å². The van der Waals surface area contributed by atoms with Gasteiger partial charge in [0.15, 0.2) is 0 Å². The average Bonchev–Trinajstić information content (AvgIpc) is 2.28. The van der Waals surface area contributed by atoms with Crippen LogP contribution in [-0.4, -0.2) is 23.7 Å². The van der Waals surface area contributed by atoms with Crippen molar-refractivity contribution in [1.82, 2.24) is 5.32 Å². The fraction of sp³-hybridized carbons (Fsp3) is 0.429. The number of carbonyl (C=O) groups excluding carboxylic acids is 1. The molecule has 1 aromatic rings. The molecule has 2 amide bonds. The van der Waals surface area contributed by atoms with Crippen LogP contribution in [0.25, 0.3) is 0 Å². The Hall–Kier alpha value is -2.04. The Labute approximate surface area is 113 Å². The van der Waals surface area contributed by atoms with Crippen molar-refractivity contribution in [2.75, 3.05) is 11.9 Å². The van der Waals surface area contributed by atoms with Crippen molar-refractivity contribution in [2.24, 2.45) is 5.41 Å². The number of aliphatic carboxylic acids is 1. The van der Waals surface area contributed by atoms with Crippen molar-refractivity contribution in [1.29, 1.82) is 0 Å². The van der Waals surface area contributed by atoms with Crippen LogP contribution in [-0.2, 0) is 4.79 Å². The number of rotatable bonds is 5. The molecule has 5 nitrogen and oxygen atoms in total. The summed E-state index contributed by atoms with van der Waals surface area (Å²) in [6.45, 7) is 5.53. The lowest BCUT2D eigenvalue weighted by molar-refractivity contribution is -0.147. The first-order valence-corrected chi connectivity index (χ1v) is 6.16. The molecule has 0 aliphatic heterocycles. The van der Waals surface area contributed by atoms with E-state index in [2.05, 4.69) is 10.6 Å². The molecule has 0 aromatic heterocycles. The van der Waals surface area contributed by atoms with Gasteiger partial charge in [0.05, 0.1) is 5.41 Å². The fourth-order valence-corrected chi connectivity index (χ4v) is 1.49. The van der Waals surface area contributed by atoms with E-state index in [0.29, 0.717) is 13.0 Å². The number of carboxylic acid groups (broad SMARTS) is 1. The highest BCUT2D eigenvalue weighted by atomic mass is 16.4. The van der Waals surface area contributed by atoms with Gasteiger partial charge in [0.2, 0.25) is 0 Å². The van der Waals surface area contributed by atoms with Crippen LogP contribution in [0.2, 0.25) is 0 Å². The Balaban J connectivity index is 2.39. The first-order chi connectivity index (χ1) is 8.81. The minimum atomic E-state index is -0.867. The Kier molecular flexibility index (Phi) is 4.92. The van der Waals surface area contributed by atoms with Crippen LogP contribution in [0.15, 0.2) is 24.3 Å². The predicted octanol–water partition coefficient (Wildman–Crippen LogP) is 2.62. The van der Waals surface area contributed by atoms with Gasteiger partial charge in [-0.05, 0) is 44.9 Å². The fourth-order valence-electron chi connectivity index (χ4n) is 1.49. The van der Waals surface area contributed by atoms with Crippen LogP contribution in [0.4, 0.5) is 10.5 Å². The molecule has 3 N–H and O–H groups in total. The van der Waals surface area contributed by atoms with Crippen molar-refractivity contribution in [3.8, 4) is 0 Å². The van der Waals surface area contributed by atoms with E-state index in [4.69, 9.17) is 5.11 Å². The first kappa shape index (κ1) is 15.0. The largest absolute Gasteiger partial charge is 0.481 e. The number of hydrogen-bond acceptors (Lipinski definition) is 2. The van der Waals surface area contributed by atoms with Crippen molar-refractivity contribution in [3.05, 3.63) is 29.8 Å². The molecule has 1 aromatic carbocycles. The zero-order valence-electron chi connectivity index (χ0n) is 11.5. The molecule has 104 valence electrons. The SMILES string of the molecule is Cc1cccc(NC(=O)NCCC(C)(C)C(=O)O)c1. The molecule has 0 saturated heterocycles. The highest BCUT2D eigenvalue weighted by Crippen LogP contribution is 2.19. The lowest BCUT2D eigenvalue weighted by Gasteiger charge is -2.19. The molecule has 0 atom stereocenters. The number of carbonyl (C=O) groups is 2. The van der Waals surface area contributed by atoms with E-state index in [-0.39, 0.29) is 6.03 Å². The smallest absolute Gasteiger partial charge is 0.319 e. The Morgan fingerprint density at radius 2 is 2.00 bits per heavy atom. The van der Waals surface area contributed by atoms with Crippen LogP contribution < -0.4 is 10.6 Å². The third kappa shape index (κ3) is 4.99. The standard InChI is InChI=1S/C14H20N2O3/c1-10-5-4-6-11(9-10)16-13(19)15-8-7-14(2,3)12(17)18/h4-6,9H,7-8H2,1-3H3,(H,17,18)(H2,15,16,19). The van der Waals surface area contributed by atoms with Gasteiger partial charge in [-0.15, -0.1) is 0 Å². The molecule has 1 rings (SSSR count). The summed E-state index contributed by atoms with van der Waals surface area (Å²) in [6.07, 6.45) is 0.379. The van der Waals surface area contributed by atoms with E-state index in [9.17, 15) is 9.59 Å². The lowest BCUT2D eigenvalue weighted by atomic mass is 9.90. The molecule has 5 heteroatoms. The number of amides is 2. The summed E-state index contributed by atoms with van der Waals surface area (Å²) >= 11 is 0.